The molecule has 0 aliphatic rings. The Morgan fingerprint density at radius 3 is 2.20 bits per heavy atom. The van der Waals surface area contributed by atoms with E-state index in [-0.39, 0.29) is 0 Å². The molecule has 0 fully saturated rings. The summed E-state index contributed by atoms with van der Waals surface area (Å²) < 4.78 is 1.16. The summed E-state index contributed by atoms with van der Waals surface area (Å²) in [6, 6.07) is 4.41. The van der Waals surface area contributed by atoms with Crippen molar-refractivity contribution in [3.05, 3.63) is 38.6 Å². The first kappa shape index (κ1) is 10.7. The van der Waals surface area contributed by atoms with Crippen LogP contribution in [0.25, 0.3) is 11.3 Å². The first-order valence-electron chi connectivity index (χ1n) is 4.86. The Morgan fingerprint density at radius 1 is 1.13 bits per heavy atom. The number of H-pyrrole nitrogens is 1. The lowest BCUT2D eigenvalue weighted by atomic mass is 9.99. The predicted octanol–water partition coefficient (Wildman–Crippen LogP) is 3.61. The number of rotatable bonds is 1. The van der Waals surface area contributed by atoms with Crippen LogP contribution in [0.4, 0.5) is 0 Å². The summed E-state index contributed by atoms with van der Waals surface area (Å²) in [4.78, 5) is 0. The molecule has 0 saturated carbocycles. The molecule has 0 atom stereocenters. The van der Waals surface area contributed by atoms with Crippen LogP contribution in [0.1, 0.15) is 16.7 Å². The Balaban J connectivity index is 2.60. The Labute approximate surface area is 103 Å². The van der Waals surface area contributed by atoms with Gasteiger partial charge in [-0.1, -0.05) is 0 Å². The molecule has 15 heavy (non-hydrogen) atoms. The minimum absolute atomic E-state index is 1.11. The van der Waals surface area contributed by atoms with Gasteiger partial charge in [-0.3, -0.25) is 5.10 Å². The molecule has 1 aromatic carbocycles. The van der Waals surface area contributed by atoms with Crippen molar-refractivity contribution in [1.82, 2.24) is 10.2 Å². The summed E-state index contributed by atoms with van der Waals surface area (Å²) in [7, 11) is 0. The van der Waals surface area contributed by atoms with E-state index in [4.69, 9.17) is 0 Å². The van der Waals surface area contributed by atoms with Crippen molar-refractivity contribution in [2.45, 2.75) is 20.8 Å². The van der Waals surface area contributed by atoms with Gasteiger partial charge in [0.15, 0.2) is 0 Å². The minimum Gasteiger partial charge on any atom is -0.277 e. The average molecular weight is 312 g/mol. The van der Waals surface area contributed by atoms with Gasteiger partial charge in [0.2, 0.25) is 0 Å². The summed E-state index contributed by atoms with van der Waals surface area (Å²) in [5.41, 5.74) is 6.36. The average Bonchev–Trinajstić information content (AvgIpc) is 2.60. The van der Waals surface area contributed by atoms with Gasteiger partial charge < -0.3 is 0 Å². The summed E-state index contributed by atoms with van der Waals surface area (Å²) in [5.74, 6) is 0. The van der Waals surface area contributed by atoms with Crippen LogP contribution in [0, 0.1) is 24.3 Å². The third-order valence-corrected chi connectivity index (χ3v) is 3.63. The van der Waals surface area contributed by atoms with Crippen molar-refractivity contribution in [1.29, 1.82) is 0 Å². The lowest BCUT2D eigenvalue weighted by Crippen LogP contribution is -1.89. The zero-order chi connectivity index (χ0) is 11.0. The molecule has 1 aromatic heterocycles. The molecule has 0 amide bonds. The van der Waals surface area contributed by atoms with Crippen molar-refractivity contribution in [2.24, 2.45) is 0 Å². The molecule has 0 radical (unpaired) electrons. The van der Waals surface area contributed by atoms with Gasteiger partial charge in [0.05, 0.1) is 15.5 Å². The number of aromatic nitrogens is 2. The number of hydrogen-bond donors (Lipinski definition) is 1. The predicted molar refractivity (Wildman–Crippen MR) is 71.0 cm³/mol. The number of halogens is 1. The third-order valence-electron chi connectivity index (χ3n) is 2.81. The van der Waals surface area contributed by atoms with Crippen LogP contribution in [-0.2, 0) is 0 Å². The van der Waals surface area contributed by atoms with Crippen molar-refractivity contribution in [3.8, 4) is 11.3 Å². The van der Waals surface area contributed by atoms with Gasteiger partial charge >= 0.3 is 0 Å². The molecule has 1 heterocycles. The Morgan fingerprint density at radius 2 is 1.73 bits per heavy atom. The van der Waals surface area contributed by atoms with Gasteiger partial charge in [-0.05, 0) is 72.2 Å². The zero-order valence-corrected chi connectivity index (χ0v) is 11.2. The topological polar surface area (TPSA) is 28.7 Å². The quantitative estimate of drug-likeness (QED) is 0.801. The summed E-state index contributed by atoms with van der Waals surface area (Å²) in [5, 5.41) is 7.09. The van der Waals surface area contributed by atoms with E-state index in [1.165, 1.54) is 22.3 Å². The molecular formula is C12H13IN2. The lowest BCUT2D eigenvalue weighted by Gasteiger charge is -2.08. The second kappa shape index (κ2) is 3.96. The molecule has 2 rings (SSSR count). The van der Waals surface area contributed by atoms with E-state index in [1.807, 2.05) is 6.20 Å². The van der Waals surface area contributed by atoms with Crippen LogP contribution >= 0.6 is 22.6 Å². The largest absolute Gasteiger partial charge is 0.277 e. The van der Waals surface area contributed by atoms with Gasteiger partial charge in [0, 0.05) is 5.56 Å². The summed E-state index contributed by atoms with van der Waals surface area (Å²) in [6.45, 7) is 6.45. The van der Waals surface area contributed by atoms with E-state index in [2.05, 4.69) is 65.7 Å². The molecule has 2 nitrogen and oxygen atoms in total. The van der Waals surface area contributed by atoms with E-state index in [0.717, 1.165) is 9.26 Å². The summed E-state index contributed by atoms with van der Waals surface area (Å²) in [6.07, 6.45) is 1.85. The number of hydrogen-bond acceptors (Lipinski definition) is 1. The maximum absolute atomic E-state index is 4.05. The van der Waals surface area contributed by atoms with E-state index < -0.39 is 0 Å². The van der Waals surface area contributed by atoms with Crippen LogP contribution in [0.2, 0.25) is 0 Å². The van der Waals surface area contributed by atoms with Crippen molar-refractivity contribution in [2.75, 3.05) is 0 Å². The highest BCUT2D eigenvalue weighted by molar-refractivity contribution is 14.1. The number of aryl methyl sites for hydroxylation is 2. The second-order valence-electron chi connectivity index (χ2n) is 3.83. The standard InChI is InChI=1S/C12H13IN2/c1-7-4-10(5-8(2)9(7)3)12-11(13)6-14-15-12/h4-6H,1-3H3,(H,14,15). The summed E-state index contributed by atoms with van der Waals surface area (Å²) >= 11 is 2.30. The highest BCUT2D eigenvalue weighted by atomic mass is 127. The Hall–Kier alpha value is -0.840. The van der Waals surface area contributed by atoms with Gasteiger partial charge in [0.25, 0.3) is 0 Å². The van der Waals surface area contributed by atoms with Gasteiger partial charge in [-0.15, -0.1) is 0 Å². The van der Waals surface area contributed by atoms with Crippen molar-refractivity contribution < 1.29 is 0 Å². The van der Waals surface area contributed by atoms with Crippen molar-refractivity contribution >= 4 is 22.6 Å². The highest BCUT2D eigenvalue weighted by Crippen LogP contribution is 2.26. The molecular weight excluding hydrogens is 299 g/mol. The zero-order valence-electron chi connectivity index (χ0n) is 9.06. The SMILES string of the molecule is Cc1cc(-c2[nH]ncc2I)cc(C)c1C. The fourth-order valence-electron chi connectivity index (χ4n) is 1.65. The van der Waals surface area contributed by atoms with E-state index >= 15 is 0 Å². The number of nitrogens with one attached hydrogen (secondary N) is 1. The monoisotopic (exact) mass is 312 g/mol. The first-order chi connectivity index (χ1) is 7.09. The van der Waals surface area contributed by atoms with Crippen LogP contribution in [0.15, 0.2) is 18.3 Å². The normalized spacial score (nSPS) is 10.7. The molecule has 0 aliphatic heterocycles. The van der Waals surface area contributed by atoms with Crippen LogP contribution in [0.5, 0.6) is 0 Å². The second-order valence-corrected chi connectivity index (χ2v) is 4.99. The first-order valence-corrected chi connectivity index (χ1v) is 5.94. The Bertz CT molecular complexity index is 477. The molecule has 1 N–H and O–H groups in total. The fraction of sp³-hybridized carbons (Fsp3) is 0.250. The number of nitrogens with zero attached hydrogens (tertiary/aromatic N) is 1. The lowest BCUT2D eigenvalue weighted by molar-refractivity contribution is 1.09. The van der Waals surface area contributed by atoms with Crippen LogP contribution in [0.3, 0.4) is 0 Å². The van der Waals surface area contributed by atoms with Gasteiger partial charge in [-0.2, -0.15) is 5.10 Å². The smallest absolute Gasteiger partial charge is 0.0784 e. The molecule has 0 bridgehead atoms. The number of benzene rings is 1. The fourth-order valence-corrected chi connectivity index (χ4v) is 2.23. The highest BCUT2D eigenvalue weighted by Gasteiger charge is 2.07. The van der Waals surface area contributed by atoms with E-state index in [1.54, 1.807) is 0 Å². The van der Waals surface area contributed by atoms with Gasteiger partial charge in [0.1, 0.15) is 0 Å². The minimum atomic E-state index is 1.11. The maximum atomic E-state index is 4.05. The molecule has 78 valence electrons. The van der Waals surface area contributed by atoms with E-state index in [0.29, 0.717) is 0 Å². The Kier molecular flexibility index (Phi) is 2.82. The maximum Gasteiger partial charge on any atom is 0.0784 e. The molecule has 0 aliphatic carbocycles. The number of aromatic amines is 1. The molecule has 3 heteroatoms. The molecule has 0 unspecified atom stereocenters. The third kappa shape index (κ3) is 1.93. The molecule has 0 saturated heterocycles. The van der Waals surface area contributed by atoms with Crippen LogP contribution < -0.4 is 0 Å². The molecule has 0 spiro atoms. The van der Waals surface area contributed by atoms with Crippen molar-refractivity contribution in [3.63, 3.8) is 0 Å². The van der Waals surface area contributed by atoms with Crippen LogP contribution in [-0.4, -0.2) is 10.2 Å². The van der Waals surface area contributed by atoms with Gasteiger partial charge in [-0.25, -0.2) is 0 Å². The molecule has 2 aromatic rings. The van der Waals surface area contributed by atoms with E-state index in [9.17, 15) is 0 Å².